The van der Waals surface area contributed by atoms with Crippen LogP contribution in [0, 0.1) is 5.92 Å². The minimum absolute atomic E-state index is 0.624. The van der Waals surface area contributed by atoms with Gasteiger partial charge in [-0.2, -0.15) is 0 Å². The van der Waals surface area contributed by atoms with Gasteiger partial charge in [0.05, 0.1) is 6.54 Å². The van der Waals surface area contributed by atoms with Gasteiger partial charge in [0, 0.05) is 51.9 Å². The van der Waals surface area contributed by atoms with Crippen molar-refractivity contribution in [3.8, 4) is 0 Å². The predicted octanol–water partition coefficient (Wildman–Crippen LogP) is 1.77. The van der Waals surface area contributed by atoms with Crippen molar-refractivity contribution in [2.45, 2.75) is 32.9 Å². The van der Waals surface area contributed by atoms with Crippen LogP contribution in [0.5, 0.6) is 0 Å². The van der Waals surface area contributed by atoms with Crippen molar-refractivity contribution in [1.82, 2.24) is 20.4 Å². The number of rotatable bonds is 7. The molecule has 2 aliphatic rings. The molecule has 0 amide bonds. The monoisotopic (exact) mass is 343 g/mol. The first-order chi connectivity index (χ1) is 12.2. The Kier molecular flexibility index (Phi) is 6.70. The van der Waals surface area contributed by atoms with E-state index in [0.717, 1.165) is 64.2 Å². The molecule has 1 saturated carbocycles. The Balaban J connectivity index is 1.36. The summed E-state index contributed by atoms with van der Waals surface area (Å²) in [6.07, 6.45) is 1.27. The first kappa shape index (κ1) is 18.2. The van der Waals surface area contributed by atoms with Crippen LogP contribution in [0.4, 0.5) is 0 Å². The topological polar surface area (TPSA) is 42.9 Å². The molecule has 3 rings (SSSR count). The van der Waals surface area contributed by atoms with Crippen molar-refractivity contribution < 1.29 is 0 Å². The van der Waals surface area contributed by atoms with E-state index in [1.165, 1.54) is 12.0 Å². The molecule has 1 aliphatic heterocycles. The molecular formula is C20H33N5. The van der Waals surface area contributed by atoms with Crippen LogP contribution in [0.3, 0.4) is 0 Å². The summed E-state index contributed by atoms with van der Waals surface area (Å²) in [5.74, 6) is 1.78. The lowest BCUT2D eigenvalue weighted by molar-refractivity contribution is 0.130. The van der Waals surface area contributed by atoms with Crippen molar-refractivity contribution in [2.75, 3.05) is 45.8 Å². The molecule has 2 fully saturated rings. The molecule has 138 valence electrons. The van der Waals surface area contributed by atoms with Gasteiger partial charge in [0.2, 0.25) is 0 Å². The van der Waals surface area contributed by atoms with Crippen LogP contribution < -0.4 is 10.6 Å². The molecule has 2 unspecified atom stereocenters. The van der Waals surface area contributed by atoms with Crippen molar-refractivity contribution >= 4 is 5.96 Å². The van der Waals surface area contributed by atoms with Crippen LogP contribution in [0.15, 0.2) is 35.3 Å². The highest BCUT2D eigenvalue weighted by Gasteiger charge is 2.33. The molecule has 1 heterocycles. The Morgan fingerprint density at radius 3 is 2.44 bits per heavy atom. The minimum Gasteiger partial charge on any atom is -0.357 e. The molecule has 5 heteroatoms. The molecule has 25 heavy (non-hydrogen) atoms. The maximum absolute atomic E-state index is 4.75. The highest BCUT2D eigenvalue weighted by Crippen LogP contribution is 2.28. The van der Waals surface area contributed by atoms with E-state index in [2.05, 4.69) is 64.6 Å². The van der Waals surface area contributed by atoms with Crippen molar-refractivity contribution in [3.05, 3.63) is 35.9 Å². The third kappa shape index (κ3) is 6.01. The maximum atomic E-state index is 4.75. The van der Waals surface area contributed by atoms with Gasteiger partial charge in [-0.25, -0.2) is 0 Å². The fourth-order valence-electron chi connectivity index (χ4n) is 3.33. The van der Waals surface area contributed by atoms with Gasteiger partial charge in [0.15, 0.2) is 5.96 Å². The lowest BCUT2D eigenvalue weighted by Crippen LogP contribution is -2.46. The van der Waals surface area contributed by atoms with E-state index in [1.54, 1.807) is 0 Å². The Morgan fingerprint density at radius 2 is 1.80 bits per heavy atom. The number of piperazine rings is 1. The van der Waals surface area contributed by atoms with E-state index < -0.39 is 0 Å². The molecule has 2 atom stereocenters. The summed E-state index contributed by atoms with van der Waals surface area (Å²) in [4.78, 5) is 9.83. The molecule has 0 aromatic heterocycles. The molecule has 0 spiro atoms. The van der Waals surface area contributed by atoms with Crippen molar-refractivity contribution in [1.29, 1.82) is 0 Å². The van der Waals surface area contributed by atoms with E-state index in [0.29, 0.717) is 6.04 Å². The summed E-state index contributed by atoms with van der Waals surface area (Å²) >= 11 is 0. The van der Waals surface area contributed by atoms with E-state index in [1.807, 2.05) is 0 Å². The average Bonchev–Trinajstić information content (AvgIpc) is 3.32. The lowest BCUT2D eigenvalue weighted by atomic mass is 10.2. The van der Waals surface area contributed by atoms with Gasteiger partial charge in [-0.05, 0) is 24.8 Å². The largest absolute Gasteiger partial charge is 0.357 e. The molecule has 1 aromatic rings. The van der Waals surface area contributed by atoms with Crippen LogP contribution in [0.1, 0.15) is 25.8 Å². The van der Waals surface area contributed by atoms with Gasteiger partial charge in [-0.15, -0.1) is 0 Å². The first-order valence-corrected chi connectivity index (χ1v) is 9.78. The molecule has 1 saturated heterocycles. The SMILES string of the molecule is CCNC(=NCCN1CCN(Cc2ccccc2)CC1)NC1CC1C. The zero-order valence-corrected chi connectivity index (χ0v) is 15.7. The van der Waals surface area contributed by atoms with Gasteiger partial charge < -0.3 is 10.6 Å². The number of benzene rings is 1. The third-order valence-electron chi connectivity index (χ3n) is 5.18. The second kappa shape index (κ2) is 9.20. The van der Waals surface area contributed by atoms with E-state index in [9.17, 15) is 0 Å². The summed E-state index contributed by atoms with van der Waals surface area (Å²) in [6, 6.07) is 11.4. The number of guanidine groups is 1. The van der Waals surface area contributed by atoms with Gasteiger partial charge in [-0.3, -0.25) is 14.8 Å². The number of nitrogens with one attached hydrogen (secondary N) is 2. The number of aliphatic imine (C=N–C) groups is 1. The lowest BCUT2D eigenvalue weighted by Gasteiger charge is -2.34. The van der Waals surface area contributed by atoms with Crippen LogP contribution in [-0.2, 0) is 6.54 Å². The summed E-state index contributed by atoms with van der Waals surface area (Å²) in [5, 5.41) is 6.88. The Morgan fingerprint density at radius 1 is 1.12 bits per heavy atom. The second-order valence-corrected chi connectivity index (χ2v) is 7.33. The molecule has 2 N–H and O–H groups in total. The minimum atomic E-state index is 0.624. The first-order valence-electron chi connectivity index (χ1n) is 9.78. The number of nitrogens with zero attached hydrogens (tertiary/aromatic N) is 3. The van der Waals surface area contributed by atoms with Crippen molar-refractivity contribution in [3.63, 3.8) is 0 Å². The average molecular weight is 344 g/mol. The van der Waals surface area contributed by atoms with Crippen LogP contribution in [0.25, 0.3) is 0 Å². The molecule has 0 bridgehead atoms. The van der Waals surface area contributed by atoms with E-state index in [4.69, 9.17) is 4.99 Å². The third-order valence-corrected chi connectivity index (χ3v) is 5.18. The van der Waals surface area contributed by atoms with Gasteiger partial charge in [0.25, 0.3) is 0 Å². The summed E-state index contributed by atoms with van der Waals surface area (Å²) in [6.45, 7) is 12.9. The summed E-state index contributed by atoms with van der Waals surface area (Å²) < 4.78 is 0. The Bertz CT molecular complexity index is 536. The number of hydrogen-bond acceptors (Lipinski definition) is 3. The zero-order valence-electron chi connectivity index (χ0n) is 15.7. The highest BCUT2D eigenvalue weighted by molar-refractivity contribution is 5.80. The van der Waals surface area contributed by atoms with E-state index >= 15 is 0 Å². The van der Waals surface area contributed by atoms with Crippen LogP contribution in [0.2, 0.25) is 0 Å². The summed E-state index contributed by atoms with van der Waals surface area (Å²) in [5.41, 5.74) is 1.41. The smallest absolute Gasteiger partial charge is 0.191 e. The molecule has 1 aromatic carbocycles. The molecule has 1 aliphatic carbocycles. The van der Waals surface area contributed by atoms with Gasteiger partial charge in [-0.1, -0.05) is 37.3 Å². The Labute approximate surface area is 152 Å². The fraction of sp³-hybridized carbons (Fsp3) is 0.650. The van der Waals surface area contributed by atoms with Crippen LogP contribution in [-0.4, -0.2) is 67.6 Å². The predicted molar refractivity (Wildman–Crippen MR) is 105 cm³/mol. The summed E-state index contributed by atoms with van der Waals surface area (Å²) in [7, 11) is 0. The number of hydrogen-bond donors (Lipinski definition) is 2. The second-order valence-electron chi connectivity index (χ2n) is 7.33. The van der Waals surface area contributed by atoms with E-state index in [-0.39, 0.29) is 0 Å². The van der Waals surface area contributed by atoms with Gasteiger partial charge >= 0.3 is 0 Å². The zero-order chi connectivity index (χ0) is 17.5. The molecule has 5 nitrogen and oxygen atoms in total. The normalized spacial score (nSPS) is 25.0. The molecule has 0 radical (unpaired) electrons. The Hall–Kier alpha value is -1.59. The van der Waals surface area contributed by atoms with Crippen LogP contribution >= 0.6 is 0 Å². The fourth-order valence-corrected chi connectivity index (χ4v) is 3.33. The standard InChI is InChI=1S/C20H33N5/c1-3-21-20(23-19-15-17(19)2)22-9-10-24-11-13-25(14-12-24)16-18-7-5-4-6-8-18/h4-8,17,19H,3,9-16H2,1-2H3,(H2,21,22,23). The quantitative estimate of drug-likeness (QED) is 0.585. The maximum Gasteiger partial charge on any atom is 0.191 e. The molecular weight excluding hydrogens is 310 g/mol. The van der Waals surface area contributed by atoms with Crippen molar-refractivity contribution in [2.24, 2.45) is 10.9 Å². The highest BCUT2D eigenvalue weighted by atomic mass is 15.3. The van der Waals surface area contributed by atoms with Gasteiger partial charge in [0.1, 0.15) is 0 Å².